The lowest BCUT2D eigenvalue weighted by atomic mass is 10.3. The van der Waals surface area contributed by atoms with Gasteiger partial charge < -0.3 is 15.7 Å². The largest absolute Gasteiger partial charge is 0.392 e. The summed E-state index contributed by atoms with van der Waals surface area (Å²) in [6.45, 7) is 4.57. The van der Waals surface area contributed by atoms with E-state index in [-0.39, 0.29) is 5.91 Å². The maximum absolute atomic E-state index is 11.5. The van der Waals surface area contributed by atoms with Crippen molar-refractivity contribution in [2.75, 3.05) is 18.4 Å². The Kier molecular flexibility index (Phi) is 4.72. The molecule has 0 aliphatic heterocycles. The van der Waals surface area contributed by atoms with Gasteiger partial charge in [0, 0.05) is 25.0 Å². The van der Waals surface area contributed by atoms with Crippen LogP contribution in [0.25, 0.3) is 0 Å². The molecular formula is C11H17N3O2. The average Bonchev–Trinajstić information content (AvgIpc) is 2.27. The molecule has 0 aliphatic rings. The number of aliphatic hydroxyl groups excluding tert-OH is 1. The van der Waals surface area contributed by atoms with Crippen LogP contribution in [0, 0.1) is 0 Å². The van der Waals surface area contributed by atoms with E-state index in [2.05, 4.69) is 15.6 Å². The van der Waals surface area contributed by atoms with Gasteiger partial charge in [0.05, 0.1) is 6.10 Å². The predicted molar refractivity (Wildman–Crippen MR) is 62.4 cm³/mol. The molecule has 0 aromatic carbocycles. The average molecular weight is 223 g/mol. The molecule has 1 rings (SSSR count). The fourth-order valence-electron chi connectivity index (χ4n) is 1.18. The van der Waals surface area contributed by atoms with E-state index < -0.39 is 6.10 Å². The summed E-state index contributed by atoms with van der Waals surface area (Å²) in [4.78, 5) is 15.5. The van der Waals surface area contributed by atoms with E-state index in [1.165, 1.54) is 0 Å². The Morgan fingerprint density at radius 3 is 3.00 bits per heavy atom. The zero-order valence-corrected chi connectivity index (χ0v) is 9.53. The van der Waals surface area contributed by atoms with E-state index in [0.29, 0.717) is 18.8 Å². The zero-order chi connectivity index (χ0) is 12.0. The molecule has 0 bridgehead atoms. The number of aromatic nitrogens is 1. The first-order valence-electron chi connectivity index (χ1n) is 5.29. The van der Waals surface area contributed by atoms with Crippen LogP contribution in [0.3, 0.4) is 0 Å². The van der Waals surface area contributed by atoms with E-state index in [4.69, 9.17) is 5.11 Å². The highest BCUT2D eigenvalue weighted by Crippen LogP contribution is 2.07. The molecule has 3 N–H and O–H groups in total. The third-order valence-corrected chi connectivity index (χ3v) is 1.93. The fraction of sp³-hybridized carbons (Fsp3) is 0.455. The molecule has 5 nitrogen and oxygen atoms in total. The number of amides is 1. The minimum atomic E-state index is -0.430. The van der Waals surface area contributed by atoms with Gasteiger partial charge in [-0.05, 0) is 26.0 Å². The number of nitrogens with one attached hydrogen (secondary N) is 2. The van der Waals surface area contributed by atoms with Gasteiger partial charge in [-0.15, -0.1) is 0 Å². The first-order chi connectivity index (χ1) is 7.63. The molecule has 16 heavy (non-hydrogen) atoms. The Bertz CT molecular complexity index is 353. The van der Waals surface area contributed by atoms with E-state index in [1.807, 2.05) is 6.92 Å². The number of nitrogens with zero attached hydrogens (tertiary/aromatic N) is 1. The van der Waals surface area contributed by atoms with Crippen molar-refractivity contribution >= 4 is 11.6 Å². The molecule has 0 saturated carbocycles. The molecule has 1 amide bonds. The van der Waals surface area contributed by atoms with E-state index >= 15 is 0 Å². The molecule has 1 aromatic rings. The van der Waals surface area contributed by atoms with Gasteiger partial charge >= 0.3 is 0 Å². The Hall–Kier alpha value is -1.62. The fourth-order valence-corrected chi connectivity index (χ4v) is 1.18. The molecule has 1 aromatic heterocycles. The van der Waals surface area contributed by atoms with Crippen molar-refractivity contribution in [3.8, 4) is 0 Å². The monoisotopic (exact) mass is 223 g/mol. The van der Waals surface area contributed by atoms with Crippen LogP contribution in [-0.4, -0.2) is 35.2 Å². The molecule has 88 valence electrons. The summed E-state index contributed by atoms with van der Waals surface area (Å²) in [7, 11) is 0. The van der Waals surface area contributed by atoms with Crippen LogP contribution in [0.5, 0.6) is 0 Å². The van der Waals surface area contributed by atoms with Crippen molar-refractivity contribution in [2.45, 2.75) is 20.0 Å². The molecule has 1 unspecified atom stereocenters. The van der Waals surface area contributed by atoms with Crippen molar-refractivity contribution in [1.29, 1.82) is 0 Å². The summed E-state index contributed by atoms with van der Waals surface area (Å²) in [5.74, 6) is -0.191. The van der Waals surface area contributed by atoms with Crippen LogP contribution in [0.2, 0.25) is 0 Å². The van der Waals surface area contributed by atoms with Crippen LogP contribution in [0.15, 0.2) is 18.3 Å². The van der Waals surface area contributed by atoms with Crippen LogP contribution in [-0.2, 0) is 0 Å². The highest BCUT2D eigenvalue weighted by molar-refractivity contribution is 5.93. The van der Waals surface area contributed by atoms with Crippen LogP contribution < -0.4 is 10.6 Å². The van der Waals surface area contributed by atoms with Crippen molar-refractivity contribution in [2.24, 2.45) is 0 Å². The van der Waals surface area contributed by atoms with Crippen LogP contribution >= 0.6 is 0 Å². The molecule has 0 saturated heterocycles. The SMILES string of the molecule is CCNC(=O)c1cc(NCC(C)O)ccn1. The summed E-state index contributed by atoms with van der Waals surface area (Å²) in [5, 5.41) is 14.8. The first-order valence-corrected chi connectivity index (χ1v) is 5.29. The van der Waals surface area contributed by atoms with Gasteiger partial charge in [-0.25, -0.2) is 0 Å². The van der Waals surface area contributed by atoms with Crippen molar-refractivity contribution in [1.82, 2.24) is 10.3 Å². The van der Waals surface area contributed by atoms with E-state index in [0.717, 1.165) is 5.69 Å². The third kappa shape index (κ3) is 3.86. The summed E-state index contributed by atoms with van der Waals surface area (Å²) < 4.78 is 0. The van der Waals surface area contributed by atoms with Crippen LogP contribution in [0.1, 0.15) is 24.3 Å². The number of carbonyl (C=O) groups is 1. The number of aliphatic hydroxyl groups is 1. The molecule has 0 spiro atoms. The Morgan fingerprint density at radius 1 is 1.62 bits per heavy atom. The van der Waals surface area contributed by atoms with Crippen molar-refractivity contribution in [3.63, 3.8) is 0 Å². The minimum absolute atomic E-state index is 0.191. The standard InChI is InChI=1S/C11H17N3O2/c1-3-12-11(16)10-6-9(4-5-13-10)14-7-8(2)15/h4-6,8,15H,3,7H2,1-2H3,(H,12,16)(H,13,14). The van der Waals surface area contributed by atoms with Gasteiger partial charge in [-0.3, -0.25) is 9.78 Å². The quantitative estimate of drug-likeness (QED) is 0.684. The number of rotatable bonds is 5. The molecule has 0 fully saturated rings. The van der Waals surface area contributed by atoms with Gasteiger partial charge in [0.15, 0.2) is 0 Å². The summed E-state index contributed by atoms with van der Waals surface area (Å²) >= 11 is 0. The lowest BCUT2D eigenvalue weighted by Crippen LogP contribution is -2.24. The maximum atomic E-state index is 11.5. The van der Waals surface area contributed by atoms with E-state index in [1.54, 1.807) is 25.3 Å². The Balaban J connectivity index is 2.67. The highest BCUT2D eigenvalue weighted by Gasteiger charge is 2.06. The molecule has 0 radical (unpaired) electrons. The third-order valence-electron chi connectivity index (χ3n) is 1.93. The van der Waals surface area contributed by atoms with Gasteiger partial charge in [-0.1, -0.05) is 0 Å². The van der Waals surface area contributed by atoms with Crippen LogP contribution in [0.4, 0.5) is 5.69 Å². The number of hydrogen-bond acceptors (Lipinski definition) is 4. The minimum Gasteiger partial charge on any atom is -0.392 e. The topological polar surface area (TPSA) is 74.2 Å². The normalized spacial score (nSPS) is 11.9. The summed E-state index contributed by atoms with van der Waals surface area (Å²) in [6, 6.07) is 3.42. The zero-order valence-electron chi connectivity index (χ0n) is 9.53. The maximum Gasteiger partial charge on any atom is 0.269 e. The van der Waals surface area contributed by atoms with Gasteiger partial charge in [0.1, 0.15) is 5.69 Å². The molecule has 0 aliphatic carbocycles. The number of hydrogen-bond donors (Lipinski definition) is 3. The Labute approximate surface area is 94.9 Å². The smallest absolute Gasteiger partial charge is 0.269 e. The van der Waals surface area contributed by atoms with Gasteiger partial charge in [0.25, 0.3) is 5.91 Å². The number of anilines is 1. The summed E-state index contributed by atoms with van der Waals surface area (Å²) in [5.41, 5.74) is 1.15. The second kappa shape index (κ2) is 6.07. The lowest BCUT2D eigenvalue weighted by Gasteiger charge is -2.09. The van der Waals surface area contributed by atoms with Gasteiger partial charge in [0.2, 0.25) is 0 Å². The second-order valence-electron chi connectivity index (χ2n) is 3.52. The Morgan fingerprint density at radius 2 is 2.38 bits per heavy atom. The highest BCUT2D eigenvalue weighted by atomic mass is 16.3. The van der Waals surface area contributed by atoms with Crippen molar-refractivity contribution < 1.29 is 9.90 Å². The van der Waals surface area contributed by atoms with Crippen molar-refractivity contribution in [3.05, 3.63) is 24.0 Å². The summed E-state index contributed by atoms with van der Waals surface area (Å²) in [6.07, 6.45) is 1.13. The molecule has 1 atom stereocenters. The number of carbonyl (C=O) groups excluding carboxylic acids is 1. The first kappa shape index (κ1) is 12.4. The number of pyridine rings is 1. The second-order valence-corrected chi connectivity index (χ2v) is 3.52. The molecule has 5 heteroatoms. The molecule has 1 heterocycles. The predicted octanol–water partition coefficient (Wildman–Crippen LogP) is 0.624. The molecular weight excluding hydrogens is 206 g/mol. The van der Waals surface area contributed by atoms with Gasteiger partial charge in [-0.2, -0.15) is 0 Å². The van der Waals surface area contributed by atoms with E-state index in [9.17, 15) is 4.79 Å². The lowest BCUT2D eigenvalue weighted by molar-refractivity contribution is 0.0951.